The van der Waals surface area contributed by atoms with Gasteiger partial charge in [0.25, 0.3) is 5.78 Å². The van der Waals surface area contributed by atoms with Gasteiger partial charge in [-0.1, -0.05) is 48.0 Å². The average molecular weight is 425 g/mol. The number of nitrogens with one attached hydrogen (secondary N) is 1. The maximum absolute atomic E-state index is 8.53. The molecule has 0 amide bonds. The molecule has 2 aromatic carbocycles. The molecule has 0 atom stereocenters. The summed E-state index contributed by atoms with van der Waals surface area (Å²) in [7, 11) is 0. The van der Waals surface area contributed by atoms with Crippen molar-refractivity contribution in [2.75, 3.05) is 17.7 Å². The Morgan fingerprint density at radius 3 is 2.57 bits per heavy atom. The van der Waals surface area contributed by atoms with Gasteiger partial charge >= 0.3 is 0 Å². The maximum atomic E-state index is 8.53. The maximum Gasteiger partial charge on any atom is 0.256 e. The molecular formula is C22H25ClN6O. The Balaban J connectivity index is 0.000000216. The molecule has 0 spiro atoms. The summed E-state index contributed by atoms with van der Waals surface area (Å²) < 4.78 is 1.50. The Hall–Kier alpha value is -3.16. The van der Waals surface area contributed by atoms with E-state index in [0.717, 1.165) is 29.8 Å². The monoisotopic (exact) mass is 424 g/mol. The molecule has 0 radical (unpaired) electrons. The van der Waals surface area contributed by atoms with Crippen molar-refractivity contribution in [1.29, 1.82) is 0 Å². The number of benzene rings is 2. The first kappa shape index (κ1) is 21.5. The topological polar surface area (TPSA) is 101 Å². The lowest BCUT2D eigenvalue weighted by atomic mass is 10.1. The summed E-state index contributed by atoms with van der Waals surface area (Å²) in [5.41, 5.74) is 9.89. The molecule has 0 aliphatic carbocycles. The minimum Gasteiger partial charge on any atom is -0.396 e. The molecule has 0 aliphatic heterocycles. The van der Waals surface area contributed by atoms with Crippen molar-refractivity contribution in [2.24, 2.45) is 0 Å². The first-order valence-corrected chi connectivity index (χ1v) is 10.0. The largest absolute Gasteiger partial charge is 0.396 e. The van der Waals surface area contributed by atoms with Crippen LogP contribution < -0.4 is 11.1 Å². The van der Waals surface area contributed by atoms with Crippen molar-refractivity contribution in [1.82, 2.24) is 19.6 Å². The Labute approximate surface area is 180 Å². The van der Waals surface area contributed by atoms with E-state index >= 15 is 0 Å². The molecule has 4 rings (SSSR count). The van der Waals surface area contributed by atoms with E-state index in [1.165, 1.54) is 10.1 Å². The SMILES string of the molecule is Cc1cc(N)n2nc(Nc3cc(Cl)ccc3C)nc2n1.OCCCc1ccccc1. The third-order valence-corrected chi connectivity index (χ3v) is 4.62. The standard InChI is InChI=1S/C13H13ClN6.C9H12O/c1-7-3-4-9(14)6-10(7)17-12-18-13-16-8(2)5-11(15)20(13)19-12;10-8-4-7-9-5-2-1-3-6-9/h3-6H,15H2,1-2H3,(H,17,19);1-3,5-6,10H,4,7-8H2. The van der Waals surface area contributed by atoms with Gasteiger partial charge in [-0.3, -0.25) is 0 Å². The number of aliphatic hydroxyl groups excluding tert-OH is 1. The first-order valence-electron chi connectivity index (χ1n) is 9.64. The number of halogens is 1. The average Bonchev–Trinajstić information content (AvgIpc) is 3.13. The van der Waals surface area contributed by atoms with Gasteiger partial charge in [0.15, 0.2) is 0 Å². The van der Waals surface area contributed by atoms with Crippen molar-refractivity contribution < 1.29 is 5.11 Å². The molecule has 4 N–H and O–H groups in total. The first-order chi connectivity index (χ1) is 14.5. The molecule has 0 bridgehead atoms. The quantitative estimate of drug-likeness (QED) is 0.440. The number of aryl methyl sites for hydroxylation is 3. The molecule has 0 saturated carbocycles. The molecule has 7 nitrogen and oxygen atoms in total. The fourth-order valence-electron chi connectivity index (χ4n) is 2.84. The second-order valence-corrected chi connectivity index (χ2v) is 7.30. The van der Waals surface area contributed by atoms with Crippen molar-refractivity contribution in [3.8, 4) is 0 Å². The van der Waals surface area contributed by atoms with Gasteiger partial charge in [-0.2, -0.15) is 9.50 Å². The van der Waals surface area contributed by atoms with Crippen LogP contribution in [0.25, 0.3) is 5.78 Å². The zero-order valence-electron chi connectivity index (χ0n) is 17.0. The van der Waals surface area contributed by atoms with Gasteiger partial charge in [-0.05, 0) is 49.9 Å². The predicted molar refractivity (Wildman–Crippen MR) is 121 cm³/mol. The van der Waals surface area contributed by atoms with Crippen LogP contribution in [0, 0.1) is 13.8 Å². The molecule has 8 heteroatoms. The Morgan fingerprint density at radius 2 is 1.83 bits per heavy atom. The number of nitrogen functional groups attached to an aromatic ring is 1. The highest BCUT2D eigenvalue weighted by Crippen LogP contribution is 2.23. The van der Waals surface area contributed by atoms with Crippen LogP contribution in [0.1, 0.15) is 23.2 Å². The summed E-state index contributed by atoms with van der Waals surface area (Å²) in [4.78, 5) is 8.59. The van der Waals surface area contributed by atoms with Crippen LogP contribution in [-0.4, -0.2) is 31.3 Å². The number of aliphatic hydroxyl groups is 1. The second kappa shape index (κ2) is 10.0. The van der Waals surface area contributed by atoms with Crippen LogP contribution in [0.3, 0.4) is 0 Å². The number of hydrogen-bond donors (Lipinski definition) is 3. The number of fused-ring (bicyclic) bond motifs is 1. The number of nitrogens with two attached hydrogens (primary N) is 1. The lowest BCUT2D eigenvalue weighted by molar-refractivity contribution is 0.288. The number of rotatable bonds is 5. The highest BCUT2D eigenvalue weighted by atomic mass is 35.5. The molecule has 0 fully saturated rings. The molecule has 30 heavy (non-hydrogen) atoms. The van der Waals surface area contributed by atoms with E-state index in [0.29, 0.717) is 22.6 Å². The van der Waals surface area contributed by atoms with Gasteiger partial charge < -0.3 is 16.2 Å². The van der Waals surface area contributed by atoms with Crippen molar-refractivity contribution in [2.45, 2.75) is 26.7 Å². The lowest BCUT2D eigenvalue weighted by Crippen LogP contribution is -2.01. The molecule has 2 heterocycles. The number of aromatic nitrogens is 4. The van der Waals surface area contributed by atoms with Crippen LogP contribution in [0.2, 0.25) is 5.02 Å². The third kappa shape index (κ3) is 5.68. The predicted octanol–water partition coefficient (Wildman–Crippen LogP) is 4.33. The summed E-state index contributed by atoms with van der Waals surface area (Å²) in [5, 5.41) is 16.6. The van der Waals surface area contributed by atoms with E-state index in [-0.39, 0.29) is 6.61 Å². The third-order valence-electron chi connectivity index (χ3n) is 4.38. The van der Waals surface area contributed by atoms with Crippen LogP contribution in [0.15, 0.2) is 54.6 Å². The van der Waals surface area contributed by atoms with E-state index in [9.17, 15) is 0 Å². The molecule has 4 aromatic rings. The van der Waals surface area contributed by atoms with Crippen molar-refractivity contribution >= 4 is 34.8 Å². The van der Waals surface area contributed by atoms with Gasteiger partial charge in [0, 0.05) is 29.1 Å². The van der Waals surface area contributed by atoms with Crippen LogP contribution in [0.5, 0.6) is 0 Å². The Morgan fingerprint density at radius 1 is 1.07 bits per heavy atom. The smallest absolute Gasteiger partial charge is 0.256 e. The highest BCUT2D eigenvalue weighted by Gasteiger charge is 2.09. The van der Waals surface area contributed by atoms with E-state index < -0.39 is 0 Å². The fraction of sp³-hybridized carbons (Fsp3) is 0.227. The zero-order valence-corrected chi connectivity index (χ0v) is 17.8. The van der Waals surface area contributed by atoms with E-state index in [1.807, 2.05) is 50.2 Å². The van der Waals surface area contributed by atoms with Gasteiger partial charge in [0.2, 0.25) is 5.95 Å². The molecule has 2 aromatic heterocycles. The summed E-state index contributed by atoms with van der Waals surface area (Å²) in [6.45, 7) is 4.12. The minimum absolute atomic E-state index is 0.287. The van der Waals surface area contributed by atoms with Gasteiger partial charge in [0.05, 0.1) is 0 Å². The van der Waals surface area contributed by atoms with E-state index in [4.69, 9.17) is 22.4 Å². The van der Waals surface area contributed by atoms with Gasteiger partial charge in [-0.15, -0.1) is 5.10 Å². The Bertz CT molecular complexity index is 1110. The normalized spacial score (nSPS) is 10.5. The zero-order chi connectivity index (χ0) is 21.5. The summed E-state index contributed by atoms with van der Waals surface area (Å²) in [5.74, 6) is 1.39. The second-order valence-electron chi connectivity index (χ2n) is 6.87. The summed E-state index contributed by atoms with van der Waals surface area (Å²) in [6.07, 6.45) is 1.85. The molecule has 0 saturated heterocycles. The van der Waals surface area contributed by atoms with Crippen LogP contribution >= 0.6 is 11.6 Å². The van der Waals surface area contributed by atoms with Crippen molar-refractivity contribution in [3.63, 3.8) is 0 Å². The van der Waals surface area contributed by atoms with Gasteiger partial charge in [0.1, 0.15) is 5.82 Å². The molecule has 0 unspecified atom stereocenters. The molecular weight excluding hydrogens is 400 g/mol. The Kier molecular flexibility index (Phi) is 7.21. The highest BCUT2D eigenvalue weighted by molar-refractivity contribution is 6.30. The lowest BCUT2D eigenvalue weighted by Gasteiger charge is -2.05. The van der Waals surface area contributed by atoms with Crippen LogP contribution in [0.4, 0.5) is 17.5 Å². The number of nitrogens with zero attached hydrogens (tertiary/aromatic N) is 4. The van der Waals surface area contributed by atoms with E-state index in [1.54, 1.807) is 6.07 Å². The van der Waals surface area contributed by atoms with Crippen molar-refractivity contribution in [3.05, 3.63) is 76.4 Å². The minimum atomic E-state index is 0.287. The molecule has 0 aliphatic rings. The molecule has 156 valence electrons. The summed E-state index contributed by atoms with van der Waals surface area (Å²) in [6, 6.07) is 17.5. The van der Waals surface area contributed by atoms with E-state index in [2.05, 4.69) is 32.5 Å². The fourth-order valence-corrected chi connectivity index (χ4v) is 3.02. The summed E-state index contributed by atoms with van der Waals surface area (Å²) >= 11 is 5.99. The number of hydrogen-bond acceptors (Lipinski definition) is 6. The van der Waals surface area contributed by atoms with Crippen LogP contribution in [-0.2, 0) is 6.42 Å². The number of anilines is 3. The van der Waals surface area contributed by atoms with Gasteiger partial charge in [-0.25, -0.2) is 4.98 Å².